The van der Waals surface area contributed by atoms with Crippen molar-refractivity contribution in [2.24, 2.45) is 7.05 Å². The molecule has 0 aliphatic rings. The first-order valence-electron chi connectivity index (χ1n) is 4.46. The van der Waals surface area contributed by atoms with Crippen molar-refractivity contribution in [1.29, 1.82) is 0 Å². The van der Waals surface area contributed by atoms with Crippen molar-refractivity contribution < 1.29 is 5.11 Å². The minimum Gasteiger partial charge on any atom is -0.380 e. The van der Waals surface area contributed by atoms with E-state index < -0.39 is 6.10 Å². The highest BCUT2D eigenvalue weighted by Crippen LogP contribution is 2.25. The number of pyridine rings is 1. The fourth-order valence-electron chi connectivity index (χ4n) is 1.41. The van der Waals surface area contributed by atoms with Crippen molar-refractivity contribution in [3.05, 3.63) is 47.0 Å². The predicted octanol–water partition coefficient (Wildman–Crippen LogP) is 1.55. The van der Waals surface area contributed by atoms with Crippen LogP contribution in [0.15, 0.2) is 30.6 Å². The zero-order valence-corrected chi connectivity index (χ0v) is 8.89. The van der Waals surface area contributed by atoms with E-state index in [1.54, 1.807) is 30.1 Å². The second kappa shape index (κ2) is 4.00. The number of aliphatic hydroxyl groups excluding tert-OH is 1. The zero-order chi connectivity index (χ0) is 10.8. The second-order valence-electron chi connectivity index (χ2n) is 3.16. The largest absolute Gasteiger partial charge is 0.380 e. The smallest absolute Gasteiger partial charge is 0.139 e. The molecule has 5 heteroatoms. The Balaban J connectivity index is 2.41. The summed E-state index contributed by atoms with van der Waals surface area (Å²) in [6.07, 6.45) is 2.29. The third kappa shape index (κ3) is 1.86. The van der Waals surface area contributed by atoms with Gasteiger partial charge in [-0.2, -0.15) is 5.10 Å². The maximum Gasteiger partial charge on any atom is 0.139 e. The Bertz CT molecular complexity index is 435. The van der Waals surface area contributed by atoms with Crippen LogP contribution in [0, 0.1) is 0 Å². The topological polar surface area (TPSA) is 50.9 Å². The fraction of sp³-hybridized carbons (Fsp3) is 0.200. The maximum absolute atomic E-state index is 10.0. The van der Waals surface area contributed by atoms with E-state index >= 15 is 0 Å². The summed E-state index contributed by atoms with van der Waals surface area (Å²) in [4.78, 5) is 4.07. The molecule has 2 aromatic rings. The first-order chi connectivity index (χ1) is 7.20. The van der Waals surface area contributed by atoms with Crippen LogP contribution in [0.5, 0.6) is 0 Å². The van der Waals surface area contributed by atoms with E-state index in [-0.39, 0.29) is 0 Å². The molecule has 2 rings (SSSR count). The molecule has 2 heterocycles. The van der Waals surface area contributed by atoms with Crippen LogP contribution in [0.3, 0.4) is 0 Å². The lowest BCUT2D eigenvalue weighted by Crippen LogP contribution is -2.08. The van der Waals surface area contributed by atoms with E-state index in [0.29, 0.717) is 16.4 Å². The molecule has 0 spiro atoms. The van der Waals surface area contributed by atoms with E-state index in [9.17, 15) is 5.11 Å². The average Bonchev–Trinajstić information content (AvgIpc) is 2.59. The van der Waals surface area contributed by atoms with Crippen molar-refractivity contribution in [2.75, 3.05) is 0 Å². The third-order valence-electron chi connectivity index (χ3n) is 2.16. The molecule has 0 amide bonds. The van der Waals surface area contributed by atoms with Gasteiger partial charge in [0.25, 0.3) is 0 Å². The Kier molecular flexibility index (Phi) is 2.70. The van der Waals surface area contributed by atoms with E-state index in [0.717, 1.165) is 0 Å². The van der Waals surface area contributed by atoms with Crippen LogP contribution >= 0.6 is 11.6 Å². The molecule has 1 unspecified atom stereocenters. The number of hydrogen-bond acceptors (Lipinski definition) is 3. The van der Waals surface area contributed by atoms with Crippen LogP contribution in [0.1, 0.15) is 17.5 Å². The molecule has 0 saturated carbocycles. The summed E-state index contributed by atoms with van der Waals surface area (Å²) in [6.45, 7) is 0. The first kappa shape index (κ1) is 10.1. The van der Waals surface area contributed by atoms with E-state index in [1.165, 1.54) is 6.20 Å². The molecule has 78 valence electrons. The molecule has 0 radical (unpaired) electrons. The lowest BCUT2D eigenvalue weighted by molar-refractivity contribution is 0.205. The molecule has 0 bridgehead atoms. The number of aliphatic hydroxyl groups is 1. The molecule has 1 atom stereocenters. The normalized spacial score (nSPS) is 12.7. The van der Waals surface area contributed by atoms with Gasteiger partial charge in [0.05, 0.1) is 22.6 Å². The molecule has 1 N–H and O–H groups in total. The quantitative estimate of drug-likeness (QED) is 0.841. The Labute approximate surface area is 92.1 Å². The molecule has 0 fully saturated rings. The molecule has 2 aromatic heterocycles. The number of halogens is 1. The average molecular weight is 224 g/mol. The Morgan fingerprint density at radius 1 is 1.47 bits per heavy atom. The number of hydrogen-bond donors (Lipinski definition) is 1. The maximum atomic E-state index is 10.0. The van der Waals surface area contributed by atoms with Crippen molar-refractivity contribution in [3.63, 3.8) is 0 Å². The van der Waals surface area contributed by atoms with Crippen LogP contribution in [0.2, 0.25) is 5.02 Å². The van der Waals surface area contributed by atoms with Gasteiger partial charge >= 0.3 is 0 Å². The monoisotopic (exact) mass is 223 g/mol. The van der Waals surface area contributed by atoms with Crippen LogP contribution in [0.25, 0.3) is 0 Å². The van der Waals surface area contributed by atoms with Gasteiger partial charge in [-0.1, -0.05) is 17.7 Å². The van der Waals surface area contributed by atoms with Gasteiger partial charge in [-0.25, -0.2) is 0 Å². The summed E-state index contributed by atoms with van der Waals surface area (Å²) >= 11 is 5.92. The number of nitrogens with zero attached hydrogens (tertiary/aromatic N) is 3. The minimum absolute atomic E-state index is 0.440. The van der Waals surface area contributed by atoms with Gasteiger partial charge < -0.3 is 5.11 Å². The van der Waals surface area contributed by atoms with E-state index in [1.807, 2.05) is 6.07 Å². The molecule has 0 aliphatic carbocycles. The number of aryl methyl sites for hydroxylation is 1. The van der Waals surface area contributed by atoms with Crippen LogP contribution in [-0.2, 0) is 7.05 Å². The van der Waals surface area contributed by atoms with Gasteiger partial charge in [-0.15, -0.1) is 0 Å². The van der Waals surface area contributed by atoms with Gasteiger partial charge in [0, 0.05) is 13.2 Å². The lowest BCUT2D eigenvalue weighted by Gasteiger charge is -2.10. The van der Waals surface area contributed by atoms with E-state index in [4.69, 9.17) is 11.6 Å². The van der Waals surface area contributed by atoms with Crippen LogP contribution in [0.4, 0.5) is 0 Å². The Morgan fingerprint density at radius 2 is 2.27 bits per heavy atom. The van der Waals surface area contributed by atoms with Gasteiger partial charge in [0.1, 0.15) is 6.10 Å². The Hall–Kier alpha value is -1.39. The SMILES string of the molecule is Cn1ncc(Cl)c1C(O)c1ccccn1. The first-order valence-corrected chi connectivity index (χ1v) is 4.84. The summed E-state index contributed by atoms with van der Waals surface area (Å²) in [5.74, 6) is 0. The van der Waals surface area contributed by atoms with Gasteiger partial charge in [-0.05, 0) is 12.1 Å². The number of aromatic nitrogens is 3. The molecular formula is C10H10ClN3O. The highest BCUT2D eigenvalue weighted by atomic mass is 35.5. The molecule has 0 aliphatic heterocycles. The van der Waals surface area contributed by atoms with Crippen molar-refractivity contribution >= 4 is 11.6 Å². The predicted molar refractivity (Wildman–Crippen MR) is 56.5 cm³/mol. The molecule has 15 heavy (non-hydrogen) atoms. The Morgan fingerprint density at radius 3 is 2.80 bits per heavy atom. The van der Waals surface area contributed by atoms with Gasteiger partial charge in [0.15, 0.2) is 0 Å². The fourth-order valence-corrected chi connectivity index (χ4v) is 1.67. The summed E-state index contributed by atoms with van der Waals surface area (Å²) in [7, 11) is 1.73. The van der Waals surface area contributed by atoms with E-state index in [2.05, 4.69) is 10.1 Å². The second-order valence-corrected chi connectivity index (χ2v) is 3.57. The van der Waals surface area contributed by atoms with Gasteiger partial charge in [0.2, 0.25) is 0 Å². The highest BCUT2D eigenvalue weighted by molar-refractivity contribution is 6.31. The molecule has 4 nitrogen and oxygen atoms in total. The molecule has 0 aromatic carbocycles. The number of rotatable bonds is 2. The summed E-state index contributed by atoms with van der Waals surface area (Å²) in [5.41, 5.74) is 1.11. The van der Waals surface area contributed by atoms with Crippen molar-refractivity contribution in [2.45, 2.75) is 6.10 Å². The van der Waals surface area contributed by atoms with Gasteiger partial charge in [-0.3, -0.25) is 9.67 Å². The molecule has 0 saturated heterocycles. The highest BCUT2D eigenvalue weighted by Gasteiger charge is 2.18. The van der Waals surface area contributed by atoms with Crippen LogP contribution in [-0.4, -0.2) is 19.9 Å². The summed E-state index contributed by atoms with van der Waals surface area (Å²) in [5, 5.41) is 14.4. The van der Waals surface area contributed by atoms with Crippen molar-refractivity contribution in [1.82, 2.24) is 14.8 Å². The summed E-state index contributed by atoms with van der Waals surface area (Å²) in [6, 6.07) is 5.35. The van der Waals surface area contributed by atoms with Crippen molar-refractivity contribution in [3.8, 4) is 0 Å². The zero-order valence-electron chi connectivity index (χ0n) is 8.13. The van der Waals surface area contributed by atoms with Crippen LogP contribution < -0.4 is 0 Å². The summed E-state index contributed by atoms with van der Waals surface area (Å²) < 4.78 is 1.54. The molecular weight excluding hydrogens is 214 g/mol. The third-order valence-corrected chi connectivity index (χ3v) is 2.46. The standard InChI is InChI=1S/C10H10ClN3O/c1-14-9(7(11)6-13-14)10(15)8-4-2-3-5-12-8/h2-6,10,15H,1H3. The minimum atomic E-state index is -0.841. The lowest BCUT2D eigenvalue weighted by atomic mass is 10.1.